The number of pyridine rings is 1. The van der Waals surface area contributed by atoms with Crippen molar-refractivity contribution in [3.8, 4) is 67.5 Å². The average Bonchev–Trinajstić information content (AvgIpc) is 3.85. The van der Waals surface area contributed by atoms with E-state index in [1.165, 1.54) is 60.9 Å². The van der Waals surface area contributed by atoms with E-state index in [4.69, 9.17) is 15.0 Å². The van der Waals surface area contributed by atoms with Crippen molar-refractivity contribution >= 4 is 34.3 Å². The molecule has 0 saturated carbocycles. The van der Waals surface area contributed by atoms with Gasteiger partial charge < -0.3 is 4.81 Å². The van der Waals surface area contributed by atoms with E-state index in [-0.39, 0.29) is 6.85 Å². The fraction of sp³-hybridized carbons (Fsp3) is 0.0169. The second-order valence-electron chi connectivity index (χ2n) is 17.4. The van der Waals surface area contributed by atoms with Crippen LogP contribution in [-0.2, 0) is 5.41 Å². The largest absolute Gasteiger partial charge is 0.383 e. The Morgan fingerprint density at radius 1 is 0.400 bits per heavy atom. The first-order valence-electron chi connectivity index (χ1n) is 22.2. The third-order valence-electron chi connectivity index (χ3n) is 14.1. The van der Waals surface area contributed by atoms with Gasteiger partial charge in [-0.05, 0) is 120 Å². The van der Waals surface area contributed by atoms with Crippen LogP contribution in [0.25, 0.3) is 83.9 Å². The summed E-state index contributed by atoms with van der Waals surface area (Å²) >= 11 is 0. The van der Waals surface area contributed by atoms with E-state index >= 15 is 0 Å². The molecular formula is C59H36BN5. The SMILES string of the molecule is C1=C2C(=CN3B1c1ccccc1-c1cc(-c4nc(-c5ccc(-c6ccncc6)cc5)nc(-c5ccc6ccccc6c5)n4)ccc13)C1(c3ccccc32)c2ccccc2-c2ccccc21. The molecule has 0 N–H and O–H groups in total. The minimum atomic E-state index is -0.436. The van der Waals surface area contributed by atoms with E-state index in [0.29, 0.717) is 17.5 Å². The number of benzene rings is 8. The molecule has 0 atom stereocenters. The highest BCUT2D eigenvalue weighted by molar-refractivity contribution is 6.84. The minimum Gasteiger partial charge on any atom is -0.383 e. The van der Waals surface area contributed by atoms with Gasteiger partial charge in [0.1, 0.15) is 0 Å². The predicted molar refractivity (Wildman–Crippen MR) is 264 cm³/mol. The van der Waals surface area contributed by atoms with Gasteiger partial charge in [0, 0.05) is 40.3 Å². The highest BCUT2D eigenvalue weighted by Crippen LogP contribution is 2.64. The van der Waals surface area contributed by atoms with Crippen LogP contribution in [0.3, 0.4) is 0 Å². The number of allylic oxidation sites excluding steroid dienone is 2. The summed E-state index contributed by atoms with van der Waals surface area (Å²) in [4.78, 5) is 22.4. The van der Waals surface area contributed by atoms with Crippen molar-refractivity contribution in [1.82, 2.24) is 19.9 Å². The molecule has 300 valence electrons. The van der Waals surface area contributed by atoms with E-state index in [1.807, 2.05) is 24.5 Å². The van der Waals surface area contributed by atoms with Crippen LogP contribution in [0.1, 0.15) is 22.3 Å². The summed E-state index contributed by atoms with van der Waals surface area (Å²) < 4.78 is 0. The molecule has 2 aliphatic carbocycles. The molecule has 4 heterocycles. The first-order valence-corrected chi connectivity index (χ1v) is 22.2. The highest BCUT2D eigenvalue weighted by Gasteiger charge is 2.55. The van der Waals surface area contributed by atoms with Crippen molar-refractivity contribution in [3.63, 3.8) is 0 Å². The van der Waals surface area contributed by atoms with Crippen LogP contribution in [0.5, 0.6) is 0 Å². The molecular weight excluding hydrogens is 789 g/mol. The Hall–Kier alpha value is -8.48. The Kier molecular flexibility index (Phi) is 7.63. The van der Waals surface area contributed by atoms with Gasteiger partial charge >= 0.3 is 6.85 Å². The molecule has 8 aromatic carbocycles. The zero-order valence-electron chi connectivity index (χ0n) is 35.1. The lowest BCUT2D eigenvalue weighted by Crippen LogP contribution is -2.50. The lowest BCUT2D eigenvalue weighted by molar-refractivity contribution is 0.791. The van der Waals surface area contributed by atoms with Crippen LogP contribution in [0, 0.1) is 0 Å². The smallest absolute Gasteiger partial charge is 0.321 e. The lowest BCUT2D eigenvalue weighted by Gasteiger charge is -2.40. The van der Waals surface area contributed by atoms with E-state index in [1.54, 1.807) is 0 Å². The number of anilines is 1. The minimum absolute atomic E-state index is 0.0109. The van der Waals surface area contributed by atoms with E-state index in [2.05, 4.69) is 204 Å². The summed E-state index contributed by atoms with van der Waals surface area (Å²) in [6, 6.07) is 70.1. The van der Waals surface area contributed by atoms with Gasteiger partial charge in [0.2, 0.25) is 0 Å². The van der Waals surface area contributed by atoms with Gasteiger partial charge in [0.15, 0.2) is 17.5 Å². The van der Waals surface area contributed by atoms with Crippen molar-refractivity contribution in [1.29, 1.82) is 0 Å². The molecule has 2 aliphatic heterocycles. The van der Waals surface area contributed by atoms with Gasteiger partial charge in [-0.3, -0.25) is 4.98 Å². The molecule has 6 heteroatoms. The maximum absolute atomic E-state index is 5.25. The molecule has 14 rings (SSSR count). The summed E-state index contributed by atoms with van der Waals surface area (Å²) in [5.41, 5.74) is 19.9. The molecule has 65 heavy (non-hydrogen) atoms. The van der Waals surface area contributed by atoms with Gasteiger partial charge in [-0.1, -0.05) is 164 Å². The molecule has 10 aromatic rings. The summed E-state index contributed by atoms with van der Waals surface area (Å²) in [6.45, 7) is 0.0109. The van der Waals surface area contributed by atoms with Crippen molar-refractivity contribution in [2.45, 2.75) is 5.41 Å². The molecule has 0 unspecified atom stereocenters. The van der Waals surface area contributed by atoms with Crippen molar-refractivity contribution in [2.75, 3.05) is 4.81 Å². The summed E-state index contributed by atoms with van der Waals surface area (Å²) in [5, 5.41) is 2.31. The predicted octanol–water partition coefficient (Wildman–Crippen LogP) is 12.6. The summed E-state index contributed by atoms with van der Waals surface area (Å²) in [7, 11) is 0. The fourth-order valence-electron chi connectivity index (χ4n) is 11.2. The molecule has 0 amide bonds. The molecule has 0 saturated heterocycles. The van der Waals surface area contributed by atoms with Gasteiger partial charge in [-0.25, -0.2) is 15.0 Å². The number of rotatable bonds is 4. The Labute approximate surface area is 376 Å². The maximum atomic E-state index is 5.25. The van der Waals surface area contributed by atoms with Crippen molar-refractivity contribution in [2.24, 2.45) is 0 Å². The molecule has 5 nitrogen and oxygen atoms in total. The van der Waals surface area contributed by atoms with Crippen LogP contribution in [-0.4, -0.2) is 26.8 Å². The molecule has 0 fully saturated rings. The topological polar surface area (TPSA) is 54.8 Å². The van der Waals surface area contributed by atoms with Crippen LogP contribution >= 0.6 is 0 Å². The second-order valence-corrected chi connectivity index (χ2v) is 17.4. The van der Waals surface area contributed by atoms with Crippen LogP contribution in [0.4, 0.5) is 5.69 Å². The Morgan fingerprint density at radius 2 is 0.923 bits per heavy atom. The normalized spacial score (nSPS) is 14.4. The zero-order chi connectivity index (χ0) is 42.6. The van der Waals surface area contributed by atoms with E-state index < -0.39 is 5.41 Å². The number of aromatic nitrogens is 4. The van der Waals surface area contributed by atoms with E-state index in [9.17, 15) is 0 Å². The first-order chi connectivity index (χ1) is 32.2. The number of nitrogens with zero attached hydrogens (tertiary/aromatic N) is 5. The second kappa shape index (κ2) is 13.8. The fourth-order valence-corrected chi connectivity index (χ4v) is 11.2. The highest BCUT2D eigenvalue weighted by atomic mass is 15.1. The van der Waals surface area contributed by atoms with E-state index in [0.717, 1.165) is 44.5 Å². The molecule has 0 bridgehead atoms. The summed E-state index contributed by atoms with van der Waals surface area (Å²) in [6.07, 6.45) is 6.12. The average molecular weight is 826 g/mol. The van der Waals surface area contributed by atoms with Gasteiger partial charge in [-0.2, -0.15) is 0 Å². The Morgan fingerprint density at radius 3 is 1.65 bits per heavy atom. The Balaban J connectivity index is 0.945. The van der Waals surface area contributed by atoms with Crippen molar-refractivity contribution in [3.05, 3.63) is 247 Å². The molecule has 0 radical (unpaired) electrons. The van der Waals surface area contributed by atoms with Gasteiger partial charge in [0.05, 0.1) is 5.41 Å². The Bertz CT molecular complexity index is 3640. The van der Waals surface area contributed by atoms with Crippen LogP contribution < -0.4 is 10.3 Å². The van der Waals surface area contributed by atoms with Crippen molar-refractivity contribution < 1.29 is 0 Å². The quantitative estimate of drug-likeness (QED) is 0.165. The first kappa shape index (κ1) is 36.1. The third kappa shape index (κ3) is 5.22. The standard InChI is InChI=1S/C59H36BN5/c1-2-12-41-33-42(26-23-37(41)11-1)57-62-56(40-24-21-38(22-25-40)39-29-31-61-32-30-39)63-58(64-57)43-27-28-55-48(34-43)47-16-6-10-20-54(47)60-35-49-46-15-5-9-19-52(46)59(53(49)36-65(55)60)50-17-7-3-13-44(50)45-14-4-8-18-51(45)59/h1-36H. The number of hydrogen-bond donors (Lipinski definition) is 0. The maximum Gasteiger partial charge on any atom is 0.321 e. The molecule has 4 aliphatic rings. The third-order valence-corrected chi connectivity index (χ3v) is 14.1. The van der Waals surface area contributed by atoms with Crippen LogP contribution in [0.2, 0.25) is 0 Å². The molecule has 1 spiro atoms. The van der Waals surface area contributed by atoms with Crippen LogP contribution in [0.15, 0.2) is 224 Å². The number of fused-ring (bicyclic) bond motifs is 17. The van der Waals surface area contributed by atoms with Gasteiger partial charge in [0.25, 0.3) is 0 Å². The number of hydrogen-bond acceptors (Lipinski definition) is 5. The molecule has 2 aromatic heterocycles. The lowest BCUT2D eigenvalue weighted by atomic mass is 9.48. The monoisotopic (exact) mass is 825 g/mol. The zero-order valence-corrected chi connectivity index (χ0v) is 35.1. The summed E-state index contributed by atoms with van der Waals surface area (Å²) in [5.74, 6) is 4.41. The van der Waals surface area contributed by atoms with Gasteiger partial charge in [-0.15, -0.1) is 0 Å².